The minimum absolute atomic E-state index is 0.0183. The summed E-state index contributed by atoms with van der Waals surface area (Å²) < 4.78 is 31.2. The third kappa shape index (κ3) is 6.49. The van der Waals surface area contributed by atoms with Crippen LogP contribution in [-0.2, 0) is 21.4 Å². The zero-order chi connectivity index (χ0) is 21.6. The van der Waals surface area contributed by atoms with Crippen LogP contribution in [-0.4, -0.2) is 46.2 Å². The van der Waals surface area contributed by atoms with Crippen LogP contribution in [0, 0.1) is 13.8 Å². The van der Waals surface area contributed by atoms with Crippen LogP contribution in [0.5, 0.6) is 5.75 Å². The van der Waals surface area contributed by atoms with Crippen LogP contribution >= 0.6 is 0 Å². The summed E-state index contributed by atoms with van der Waals surface area (Å²) in [5.74, 6) is 0.755. The number of carbonyl (C=O) groups excluding carboxylic acids is 1. The highest BCUT2D eigenvalue weighted by molar-refractivity contribution is 7.92. The molecule has 6 nitrogen and oxygen atoms in total. The lowest BCUT2D eigenvalue weighted by Crippen LogP contribution is -2.33. The molecule has 29 heavy (non-hydrogen) atoms. The van der Waals surface area contributed by atoms with Gasteiger partial charge in [-0.25, -0.2) is 8.42 Å². The summed E-state index contributed by atoms with van der Waals surface area (Å²) in [4.78, 5) is 14.1. The van der Waals surface area contributed by atoms with Crippen molar-refractivity contribution in [1.82, 2.24) is 4.90 Å². The van der Waals surface area contributed by atoms with Crippen molar-refractivity contribution in [2.45, 2.75) is 33.2 Å². The molecule has 0 aromatic heterocycles. The van der Waals surface area contributed by atoms with Gasteiger partial charge in [0.2, 0.25) is 15.9 Å². The van der Waals surface area contributed by atoms with Crippen LogP contribution < -0.4 is 9.04 Å². The van der Waals surface area contributed by atoms with Crippen molar-refractivity contribution in [1.29, 1.82) is 0 Å². The minimum Gasteiger partial charge on any atom is -0.497 e. The summed E-state index contributed by atoms with van der Waals surface area (Å²) in [7, 11) is -0.0647. The number of benzene rings is 2. The van der Waals surface area contributed by atoms with E-state index in [-0.39, 0.29) is 18.9 Å². The van der Waals surface area contributed by atoms with E-state index in [1.165, 1.54) is 10.6 Å². The van der Waals surface area contributed by atoms with E-state index in [0.29, 0.717) is 18.7 Å². The molecule has 0 saturated carbocycles. The molecule has 0 spiro atoms. The van der Waals surface area contributed by atoms with Crippen molar-refractivity contribution >= 4 is 21.6 Å². The number of rotatable bonds is 9. The highest BCUT2D eigenvalue weighted by Crippen LogP contribution is 2.24. The number of sulfonamides is 1. The Kier molecular flexibility index (Phi) is 7.67. The Labute approximate surface area is 174 Å². The number of amides is 1. The maximum absolute atomic E-state index is 12.5. The molecule has 0 aliphatic carbocycles. The van der Waals surface area contributed by atoms with Gasteiger partial charge in [0.1, 0.15) is 5.75 Å². The zero-order valence-electron chi connectivity index (χ0n) is 17.8. The topological polar surface area (TPSA) is 66.9 Å². The number of aryl methyl sites for hydroxylation is 2. The van der Waals surface area contributed by atoms with E-state index in [4.69, 9.17) is 4.74 Å². The van der Waals surface area contributed by atoms with Gasteiger partial charge in [0, 0.05) is 26.6 Å². The fourth-order valence-electron chi connectivity index (χ4n) is 3.11. The standard InChI is InChI=1S/C22H30N2O4S/c1-17-8-9-18(2)21(15-17)24(29(5,26)27)14-6-7-22(25)23(3)16-19-10-12-20(28-4)13-11-19/h8-13,15H,6-7,14,16H2,1-5H3. The van der Waals surface area contributed by atoms with Crippen molar-refractivity contribution in [2.24, 2.45) is 0 Å². The Balaban J connectivity index is 1.97. The first-order valence-electron chi connectivity index (χ1n) is 9.53. The van der Waals surface area contributed by atoms with Gasteiger partial charge in [-0.15, -0.1) is 0 Å². The third-order valence-corrected chi connectivity index (χ3v) is 5.97. The van der Waals surface area contributed by atoms with Gasteiger partial charge < -0.3 is 9.64 Å². The normalized spacial score (nSPS) is 11.2. The van der Waals surface area contributed by atoms with Crippen LogP contribution in [0.15, 0.2) is 42.5 Å². The van der Waals surface area contributed by atoms with E-state index >= 15 is 0 Å². The van der Waals surface area contributed by atoms with Crippen molar-refractivity contribution in [2.75, 3.05) is 31.3 Å². The quantitative estimate of drug-likeness (QED) is 0.625. The van der Waals surface area contributed by atoms with Gasteiger partial charge >= 0.3 is 0 Å². The molecule has 0 atom stereocenters. The first-order valence-corrected chi connectivity index (χ1v) is 11.4. The predicted molar refractivity (Wildman–Crippen MR) is 117 cm³/mol. The molecule has 158 valence electrons. The van der Waals surface area contributed by atoms with Crippen LogP contribution in [0.25, 0.3) is 0 Å². The molecule has 0 aliphatic rings. The number of anilines is 1. The number of ether oxygens (including phenoxy) is 1. The maximum Gasteiger partial charge on any atom is 0.232 e. The lowest BCUT2D eigenvalue weighted by Gasteiger charge is -2.25. The van der Waals surface area contributed by atoms with Crippen LogP contribution in [0.1, 0.15) is 29.5 Å². The largest absolute Gasteiger partial charge is 0.497 e. The molecule has 2 aromatic rings. The average Bonchev–Trinajstić information content (AvgIpc) is 2.66. The van der Waals surface area contributed by atoms with Crippen LogP contribution in [0.4, 0.5) is 5.69 Å². The van der Waals surface area contributed by atoms with Gasteiger partial charge in [-0.05, 0) is 55.2 Å². The molecule has 0 aliphatic heterocycles. The molecule has 0 N–H and O–H groups in total. The first kappa shape index (κ1) is 22.7. The highest BCUT2D eigenvalue weighted by atomic mass is 32.2. The van der Waals surface area contributed by atoms with Crippen molar-refractivity contribution < 1.29 is 17.9 Å². The van der Waals surface area contributed by atoms with E-state index in [2.05, 4.69) is 0 Å². The Hall–Kier alpha value is -2.54. The molecule has 7 heteroatoms. The first-order chi connectivity index (χ1) is 13.6. The smallest absolute Gasteiger partial charge is 0.232 e. The molecule has 2 aromatic carbocycles. The molecule has 0 fully saturated rings. The number of hydrogen-bond acceptors (Lipinski definition) is 4. The SMILES string of the molecule is COc1ccc(CN(C)C(=O)CCCN(c2cc(C)ccc2C)S(C)(=O)=O)cc1. The molecule has 0 heterocycles. The van der Waals surface area contributed by atoms with Crippen molar-refractivity contribution in [3.05, 3.63) is 59.2 Å². The fourth-order valence-corrected chi connectivity index (χ4v) is 4.13. The minimum atomic E-state index is -3.43. The van der Waals surface area contributed by atoms with Crippen molar-refractivity contribution in [3.63, 3.8) is 0 Å². The van der Waals surface area contributed by atoms with Gasteiger partial charge in [-0.1, -0.05) is 24.3 Å². The zero-order valence-corrected chi connectivity index (χ0v) is 18.6. The molecule has 0 bridgehead atoms. The van der Waals surface area contributed by atoms with Gasteiger partial charge in [-0.3, -0.25) is 9.10 Å². The van der Waals surface area contributed by atoms with E-state index in [1.54, 1.807) is 19.1 Å². The van der Waals surface area contributed by atoms with E-state index < -0.39 is 10.0 Å². The third-order valence-electron chi connectivity index (χ3n) is 4.79. The van der Waals surface area contributed by atoms with Gasteiger partial charge in [0.05, 0.1) is 19.1 Å². The molecular weight excluding hydrogens is 388 g/mol. The van der Waals surface area contributed by atoms with Gasteiger partial charge in [0.15, 0.2) is 0 Å². The molecule has 2 rings (SSSR count). The Morgan fingerprint density at radius 2 is 1.72 bits per heavy atom. The number of hydrogen-bond donors (Lipinski definition) is 0. The summed E-state index contributed by atoms with van der Waals surface area (Å²) in [5.41, 5.74) is 3.57. The second-order valence-electron chi connectivity index (χ2n) is 7.33. The summed E-state index contributed by atoms with van der Waals surface area (Å²) in [5, 5.41) is 0. The van der Waals surface area contributed by atoms with E-state index in [0.717, 1.165) is 22.4 Å². The highest BCUT2D eigenvalue weighted by Gasteiger charge is 2.20. The second kappa shape index (κ2) is 9.78. The van der Waals surface area contributed by atoms with Crippen molar-refractivity contribution in [3.8, 4) is 5.75 Å². The van der Waals surface area contributed by atoms with E-state index in [9.17, 15) is 13.2 Å². The monoisotopic (exact) mass is 418 g/mol. The lowest BCUT2D eigenvalue weighted by molar-refractivity contribution is -0.130. The number of nitrogens with zero attached hydrogens (tertiary/aromatic N) is 2. The molecular formula is C22H30N2O4S. The maximum atomic E-state index is 12.5. The summed E-state index contributed by atoms with van der Waals surface area (Å²) >= 11 is 0. The Morgan fingerprint density at radius 3 is 2.31 bits per heavy atom. The average molecular weight is 419 g/mol. The predicted octanol–water partition coefficient (Wildman–Crippen LogP) is 3.52. The summed E-state index contributed by atoms with van der Waals surface area (Å²) in [6, 6.07) is 13.3. The summed E-state index contributed by atoms with van der Waals surface area (Å²) in [6.07, 6.45) is 1.93. The van der Waals surface area contributed by atoms with Crippen LogP contribution in [0.2, 0.25) is 0 Å². The Morgan fingerprint density at radius 1 is 1.07 bits per heavy atom. The molecule has 0 unspecified atom stereocenters. The van der Waals surface area contributed by atoms with Gasteiger partial charge in [0.25, 0.3) is 0 Å². The van der Waals surface area contributed by atoms with E-state index in [1.807, 2.05) is 56.3 Å². The molecule has 0 saturated heterocycles. The molecule has 1 amide bonds. The number of methoxy groups -OCH3 is 1. The van der Waals surface area contributed by atoms with Gasteiger partial charge in [-0.2, -0.15) is 0 Å². The lowest BCUT2D eigenvalue weighted by atomic mass is 10.1. The van der Waals surface area contributed by atoms with Crippen LogP contribution in [0.3, 0.4) is 0 Å². The summed E-state index contributed by atoms with van der Waals surface area (Å²) in [6.45, 7) is 4.59. The Bertz CT molecular complexity index is 940. The second-order valence-corrected chi connectivity index (χ2v) is 9.23. The molecule has 0 radical (unpaired) electrons. The fraction of sp³-hybridized carbons (Fsp3) is 0.409. The number of carbonyl (C=O) groups is 1.